The van der Waals surface area contributed by atoms with Crippen molar-refractivity contribution in [3.63, 3.8) is 0 Å². The zero-order valence-electron chi connectivity index (χ0n) is 10.3. The molecule has 1 heterocycles. The van der Waals surface area contributed by atoms with E-state index in [4.69, 9.17) is 16.3 Å². The lowest BCUT2D eigenvalue weighted by molar-refractivity contribution is 0.0149. The molecule has 0 saturated carbocycles. The van der Waals surface area contributed by atoms with Gasteiger partial charge >= 0.3 is 0 Å². The summed E-state index contributed by atoms with van der Waals surface area (Å²) in [5, 5.41) is 0. The minimum Gasteiger partial charge on any atom is -0.374 e. The fourth-order valence-corrected chi connectivity index (χ4v) is 2.39. The molecule has 0 fully saturated rings. The Kier molecular flexibility index (Phi) is 5.29. The summed E-state index contributed by atoms with van der Waals surface area (Å²) in [7, 11) is 0. The second-order valence-corrected chi connectivity index (χ2v) is 5.16. The fourth-order valence-electron chi connectivity index (χ4n) is 1.85. The quantitative estimate of drug-likeness (QED) is 0.568. The summed E-state index contributed by atoms with van der Waals surface area (Å²) in [5.41, 5.74) is 1.14. The van der Waals surface area contributed by atoms with Crippen LogP contribution in [0.15, 0.2) is 16.6 Å². The van der Waals surface area contributed by atoms with Crippen LogP contribution in [-0.4, -0.2) is 29.2 Å². The van der Waals surface area contributed by atoms with Crippen LogP contribution in [0.5, 0.6) is 0 Å². The molecule has 1 aromatic carbocycles. The Morgan fingerprint density at radius 3 is 2.80 bits per heavy atom. The molecule has 0 unspecified atom stereocenters. The molecular formula is C12H11BrClF3N2O. The second kappa shape index (κ2) is 6.78. The number of aromatic nitrogens is 2. The van der Waals surface area contributed by atoms with Crippen LogP contribution in [0.1, 0.15) is 5.82 Å². The summed E-state index contributed by atoms with van der Waals surface area (Å²) in [4.78, 5) is 4.21. The molecule has 0 atom stereocenters. The van der Waals surface area contributed by atoms with E-state index < -0.39 is 18.8 Å². The van der Waals surface area contributed by atoms with Gasteiger partial charge in [-0.3, -0.25) is 0 Å². The molecule has 0 saturated heterocycles. The molecular weight excluding hydrogens is 360 g/mol. The highest BCUT2D eigenvalue weighted by Crippen LogP contribution is 2.24. The number of alkyl halides is 3. The Balaban J connectivity index is 2.23. The smallest absolute Gasteiger partial charge is 0.261 e. The maximum Gasteiger partial charge on any atom is 0.261 e. The van der Waals surface area contributed by atoms with Gasteiger partial charge in [0.05, 0.1) is 28.0 Å². The first-order valence-corrected chi connectivity index (χ1v) is 7.11. The third-order valence-corrected chi connectivity index (χ3v) is 3.54. The Bertz CT molecular complexity index is 606. The largest absolute Gasteiger partial charge is 0.374 e. The highest BCUT2D eigenvalue weighted by Gasteiger charge is 2.13. The van der Waals surface area contributed by atoms with Crippen molar-refractivity contribution in [1.29, 1.82) is 0 Å². The van der Waals surface area contributed by atoms with Crippen LogP contribution in [0, 0.1) is 5.82 Å². The van der Waals surface area contributed by atoms with E-state index in [0.717, 1.165) is 0 Å². The van der Waals surface area contributed by atoms with Crippen LogP contribution in [-0.2, 0) is 17.2 Å². The normalized spacial score (nSPS) is 11.7. The van der Waals surface area contributed by atoms with Crippen molar-refractivity contribution in [3.8, 4) is 0 Å². The maximum atomic E-state index is 13.5. The molecule has 0 bridgehead atoms. The van der Waals surface area contributed by atoms with Crippen molar-refractivity contribution < 1.29 is 17.9 Å². The molecule has 0 spiro atoms. The van der Waals surface area contributed by atoms with Gasteiger partial charge in [0.2, 0.25) is 0 Å². The van der Waals surface area contributed by atoms with Gasteiger partial charge in [0.25, 0.3) is 6.43 Å². The van der Waals surface area contributed by atoms with Crippen LogP contribution < -0.4 is 0 Å². The summed E-state index contributed by atoms with van der Waals surface area (Å²) in [6.07, 6.45) is -2.50. The van der Waals surface area contributed by atoms with Gasteiger partial charge in [-0.2, -0.15) is 0 Å². The van der Waals surface area contributed by atoms with Crippen LogP contribution in [0.25, 0.3) is 11.0 Å². The van der Waals surface area contributed by atoms with Gasteiger partial charge in [-0.25, -0.2) is 18.2 Å². The summed E-state index contributed by atoms with van der Waals surface area (Å²) in [5.74, 6) is 0.264. The predicted octanol–water partition coefficient (Wildman–Crippen LogP) is 3.96. The number of nitrogens with zero attached hydrogens (tertiary/aromatic N) is 2. The Labute approximate surface area is 126 Å². The third-order valence-electron chi connectivity index (χ3n) is 2.69. The molecule has 2 aromatic rings. The Morgan fingerprint density at radius 1 is 1.40 bits per heavy atom. The first-order chi connectivity index (χ1) is 9.52. The van der Waals surface area contributed by atoms with E-state index in [1.165, 1.54) is 6.07 Å². The summed E-state index contributed by atoms with van der Waals surface area (Å²) < 4.78 is 44.3. The number of hydrogen-bond acceptors (Lipinski definition) is 2. The van der Waals surface area contributed by atoms with E-state index in [1.54, 1.807) is 10.6 Å². The molecule has 110 valence electrons. The first kappa shape index (κ1) is 15.6. The second-order valence-electron chi connectivity index (χ2n) is 4.03. The van der Waals surface area contributed by atoms with Crippen LogP contribution in [0.3, 0.4) is 0 Å². The van der Waals surface area contributed by atoms with Crippen molar-refractivity contribution >= 4 is 38.6 Å². The number of benzene rings is 1. The molecule has 3 nitrogen and oxygen atoms in total. The average Bonchev–Trinajstić information content (AvgIpc) is 2.72. The van der Waals surface area contributed by atoms with Gasteiger partial charge in [0, 0.05) is 12.6 Å². The number of imidazole rings is 1. The molecule has 8 heteroatoms. The first-order valence-electron chi connectivity index (χ1n) is 5.79. The third kappa shape index (κ3) is 3.45. The summed E-state index contributed by atoms with van der Waals surface area (Å²) in [6, 6.07) is 2.88. The lowest BCUT2D eigenvalue weighted by atomic mass is 10.3. The maximum absolute atomic E-state index is 13.5. The van der Waals surface area contributed by atoms with Crippen LogP contribution in [0.2, 0.25) is 0 Å². The lowest BCUT2D eigenvalue weighted by Gasteiger charge is -2.08. The van der Waals surface area contributed by atoms with Crippen molar-refractivity contribution in [2.45, 2.75) is 18.9 Å². The lowest BCUT2D eigenvalue weighted by Crippen LogP contribution is -2.12. The SMILES string of the molecule is Fc1cc2nc(CCl)n(CCOCC(F)F)c2cc1Br. The van der Waals surface area contributed by atoms with E-state index in [2.05, 4.69) is 20.9 Å². The Hall–Kier alpha value is -0.790. The van der Waals surface area contributed by atoms with Gasteiger partial charge in [0.1, 0.15) is 18.2 Å². The predicted molar refractivity (Wildman–Crippen MR) is 73.8 cm³/mol. The van der Waals surface area contributed by atoms with Crippen LogP contribution in [0.4, 0.5) is 13.2 Å². The monoisotopic (exact) mass is 370 g/mol. The van der Waals surface area contributed by atoms with E-state index in [-0.39, 0.29) is 12.5 Å². The van der Waals surface area contributed by atoms with E-state index in [0.29, 0.717) is 27.9 Å². The molecule has 0 aliphatic carbocycles. The number of ether oxygens (including phenoxy) is 1. The average molecular weight is 372 g/mol. The zero-order valence-corrected chi connectivity index (χ0v) is 12.6. The topological polar surface area (TPSA) is 27.1 Å². The number of hydrogen-bond donors (Lipinski definition) is 0. The number of rotatable bonds is 6. The van der Waals surface area contributed by atoms with E-state index in [9.17, 15) is 13.2 Å². The van der Waals surface area contributed by atoms with Gasteiger partial charge < -0.3 is 9.30 Å². The van der Waals surface area contributed by atoms with Crippen molar-refractivity contribution in [2.75, 3.05) is 13.2 Å². The Morgan fingerprint density at radius 2 is 2.15 bits per heavy atom. The molecule has 0 radical (unpaired) electrons. The molecule has 2 rings (SSSR count). The van der Waals surface area contributed by atoms with Gasteiger partial charge in [-0.05, 0) is 22.0 Å². The zero-order chi connectivity index (χ0) is 14.7. The van der Waals surface area contributed by atoms with Crippen molar-refractivity contribution in [1.82, 2.24) is 9.55 Å². The van der Waals surface area contributed by atoms with Gasteiger partial charge in [-0.1, -0.05) is 0 Å². The van der Waals surface area contributed by atoms with Crippen molar-refractivity contribution in [3.05, 3.63) is 28.2 Å². The fraction of sp³-hybridized carbons (Fsp3) is 0.417. The highest BCUT2D eigenvalue weighted by molar-refractivity contribution is 9.10. The highest BCUT2D eigenvalue weighted by atomic mass is 79.9. The van der Waals surface area contributed by atoms with Crippen LogP contribution >= 0.6 is 27.5 Å². The van der Waals surface area contributed by atoms with Gasteiger partial charge in [-0.15, -0.1) is 11.6 Å². The molecule has 0 amide bonds. The minimum absolute atomic E-state index is 0.106. The van der Waals surface area contributed by atoms with Gasteiger partial charge in [0.15, 0.2) is 0 Å². The molecule has 20 heavy (non-hydrogen) atoms. The molecule has 1 aromatic heterocycles. The van der Waals surface area contributed by atoms with E-state index >= 15 is 0 Å². The molecule has 0 aliphatic heterocycles. The molecule has 0 N–H and O–H groups in total. The summed E-state index contributed by atoms with van der Waals surface area (Å²) >= 11 is 8.90. The summed E-state index contributed by atoms with van der Waals surface area (Å²) in [6.45, 7) is -0.181. The standard InChI is InChI=1S/C12H11BrClF3N2O/c13-7-3-10-9(4-8(7)15)18-12(5-14)19(10)1-2-20-6-11(16)17/h3-4,11H,1-2,5-6H2. The number of fused-ring (bicyclic) bond motifs is 1. The minimum atomic E-state index is -2.50. The number of halogens is 5. The molecule has 0 aliphatic rings. The van der Waals surface area contributed by atoms with Crippen molar-refractivity contribution in [2.24, 2.45) is 0 Å². The van der Waals surface area contributed by atoms with E-state index in [1.807, 2.05) is 0 Å².